The Morgan fingerprint density at radius 1 is 1.23 bits per heavy atom. The molecule has 3 rings (SSSR count). The standard InChI is InChI=1S/C18H19F4N3O/c1-12(3-2-6-24-10-18(21,22)11-24)17(26)25-16(4-5-23-25)13-7-14(19)9-15(20)8-13/h5,7-9,16H,1-4,6,10-11H2. The fourth-order valence-corrected chi connectivity index (χ4v) is 3.21. The Morgan fingerprint density at radius 3 is 2.50 bits per heavy atom. The summed E-state index contributed by atoms with van der Waals surface area (Å²) in [6.07, 6.45) is 2.74. The molecule has 8 heteroatoms. The number of hydrogen-bond acceptors (Lipinski definition) is 3. The molecule has 1 fully saturated rings. The Balaban J connectivity index is 1.55. The highest BCUT2D eigenvalue weighted by atomic mass is 19.3. The van der Waals surface area contributed by atoms with Crippen LogP contribution in [-0.4, -0.2) is 47.6 Å². The van der Waals surface area contributed by atoms with Crippen LogP contribution < -0.4 is 0 Å². The molecule has 26 heavy (non-hydrogen) atoms. The van der Waals surface area contributed by atoms with E-state index >= 15 is 0 Å². The number of likely N-dealkylation sites (tertiary alicyclic amines) is 1. The van der Waals surface area contributed by atoms with E-state index in [2.05, 4.69) is 11.7 Å². The van der Waals surface area contributed by atoms with Crippen molar-refractivity contribution in [3.05, 3.63) is 47.5 Å². The van der Waals surface area contributed by atoms with E-state index in [1.165, 1.54) is 23.4 Å². The number of halogens is 4. The number of rotatable bonds is 6. The minimum absolute atomic E-state index is 0.253. The van der Waals surface area contributed by atoms with Crippen molar-refractivity contribution in [2.45, 2.75) is 31.2 Å². The summed E-state index contributed by atoms with van der Waals surface area (Å²) in [5, 5.41) is 5.18. The number of hydrazone groups is 1. The molecular weight excluding hydrogens is 350 g/mol. The third-order valence-electron chi connectivity index (χ3n) is 4.47. The summed E-state index contributed by atoms with van der Waals surface area (Å²) < 4.78 is 52.4. The summed E-state index contributed by atoms with van der Waals surface area (Å²) in [5.74, 6) is -4.47. The molecular formula is C18H19F4N3O. The SMILES string of the molecule is C=C(CCCN1CC(F)(F)C1)C(=O)N1N=CCC1c1cc(F)cc(F)c1. The van der Waals surface area contributed by atoms with Crippen molar-refractivity contribution in [2.24, 2.45) is 5.10 Å². The van der Waals surface area contributed by atoms with Crippen LogP contribution in [0.5, 0.6) is 0 Å². The highest BCUT2D eigenvalue weighted by molar-refractivity contribution is 5.94. The number of alkyl halides is 2. The smallest absolute Gasteiger partial charge is 0.272 e. The van der Waals surface area contributed by atoms with Gasteiger partial charge in [-0.05, 0) is 37.1 Å². The number of carbonyl (C=O) groups excluding carboxylic acids is 1. The third kappa shape index (κ3) is 4.12. The van der Waals surface area contributed by atoms with Crippen molar-refractivity contribution in [3.63, 3.8) is 0 Å². The van der Waals surface area contributed by atoms with Gasteiger partial charge < -0.3 is 0 Å². The first-order valence-electron chi connectivity index (χ1n) is 8.35. The molecule has 1 unspecified atom stereocenters. The zero-order valence-electron chi connectivity index (χ0n) is 14.1. The van der Waals surface area contributed by atoms with Gasteiger partial charge in [0.05, 0.1) is 19.1 Å². The minimum Gasteiger partial charge on any atom is -0.291 e. The van der Waals surface area contributed by atoms with Gasteiger partial charge in [0.25, 0.3) is 11.8 Å². The molecule has 140 valence electrons. The van der Waals surface area contributed by atoms with Gasteiger partial charge in [-0.1, -0.05) is 6.58 Å². The Kier molecular flexibility index (Phi) is 5.13. The van der Waals surface area contributed by atoms with Gasteiger partial charge in [-0.2, -0.15) is 5.10 Å². The van der Waals surface area contributed by atoms with Crippen LogP contribution in [0, 0.1) is 11.6 Å². The van der Waals surface area contributed by atoms with Gasteiger partial charge in [0.2, 0.25) is 0 Å². The molecule has 0 aliphatic carbocycles. The van der Waals surface area contributed by atoms with Gasteiger partial charge in [0, 0.05) is 24.3 Å². The molecule has 2 heterocycles. The Labute approximate surface area is 148 Å². The highest BCUT2D eigenvalue weighted by Gasteiger charge is 2.43. The monoisotopic (exact) mass is 369 g/mol. The van der Waals surface area contributed by atoms with Gasteiger partial charge in [0.15, 0.2) is 0 Å². The summed E-state index contributed by atoms with van der Waals surface area (Å²) >= 11 is 0. The summed E-state index contributed by atoms with van der Waals surface area (Å²) in [6.45, 7) is 3.71. The van der Waals surface area contributed by atoms with E-state index in [9.17, 15) is 22.4 Å². The molecule has 1 aromatic carbocycles. The molecule has 0 spiro atoms. The zero-order valence-corrected chi connectivity index (χ0v) is 14.1. The van der Waals surface area contributed by atoms with Gasteiger partial charge in [-0.25, -0.2) is 22.6 Å². The molecule has 1 aromatic rings. The van der Waals surface area contributed by atoms with Crippen molar-refractivity contribution in [2.75, 3.05) is 19.6 Å². The van der Waals surface area contributed by atoms with Crippen molar-refractivity contribution in [1.82, 2.24) is 9.91 Å². The fourth-order valence-electron chi connectivity index (χ4n) is 3.21. The van der Waals surface area contributed by atoms with Crippen molar-refractivity contribution >= 4 is 12.1 Å². The van der Waals surface area contributed by atoms with Crippen LogP contribution in [0.3, 0.4) is 0 Å². The third-order valence-corrected chi connectivity index (χ3v) is 4.47. The number of nitrogens with zero attached hydrogens (tertiary/aromatic N) is 3. The molecule has 0 saturated carbocycles. The van der Waals surface area contributed by atoms with E-state index in [1.807, 2.05) is 0 Å². The fraction of sp³-hybridized carbons (Fsp3) is 0.444. The van der Waals surface area contributed by atoms with Crippen molar-refractivity contribution in [3.8, 4) is 0 Å². The van der Waals surface area contributed by atoms with Crippen LogP contribution in [0.4, 0.5) is 17.6 Å². The molecule has 1 saturated heterocycles. The number of amides is 1. The van der Waals surface area contributed by atoms with Gasteiger partial charge in [-0.15, -0.1) is 0 Å². The predicted molar refractivity (Wildman–Crippen MR) is 88.8 cm³/mol. The maximum atomic E-state index is 13.4. The van der Waals surface area contributed by atoms with E-state index in [-0.39, 0.29) is 13.1 Å². The molecule has 0 bridgehead atoms. The Bertz CT molecular complexity index is 722. The predicted octanol–water partition coefficient (Wildman–Crippen LogP) is 3.51. The summed E-state index contributed by atoms with van der Waals surface area (Å²) in [4.78, 5) is 14.2. The molecule has 1 atom stereocenters. The Morgan fingerprint density at radius 2 is 1.88 bits per heavy atom. The quantitative estimate of drug-likeness (QED) is 0.568. The van der Waals surface area contributed by atoms with E-state index in [1.54, 1.807) is 4.90 Å². The Hall–Kier alpha value is -2.22. The molecule has 2 aliphatic heterocycles. The normalized spacial score (nSPS) is 21.7. The summed E-state index contributed by atoms with van der Waals surface area (Å²) in [5.41, 5.74) is 0.613. The second kappa shape index (κ2) is 7.19. The number of carbonyl (C=O) groups is 1. The van der Waals surface area contributed by atoms with Gasteiger partial charge >= 0.3 is 0 Å². The van der Waals surface area contributed by atoms with E-state index < -0.39 is 29.5 Å². The highest BCUT2D eigenvalue weighted by Crippen LogP contribution is 2.31. The molecule has 1 amide bonds. The van der Waals surface area contributed by atoms with E-state index in [0.29, 0.717) is 36.9 Å². The van der Waals surface area contributed by atoms with Crippen LogP contribution in [0.25, 0.3) is 0 Å². The molecule has 0 radical (unpaired) electrons. The largest absolute Gasteiger partial charge is 0.291 e. The van der Waals surface area contributed by atoms with Crippen LogP contribution in [0.2, 0.25) is 0 Å². The molecule has 2 aliphatic rings. The van der Waals surface area contributed by atoms with Crippen LogP contribution in [-0.2, 0) is 4.79 Å². The van der Waals surface area contributed by atoms with E-state index in [4.69, 9.17) is 0 Å². The maximum absolute atomic E-state index is 13.4. The van der Waals surface area contributed by atoms with Crippen LogP contribution >= 0.6 is 0 Å². The first kappa shape index (κ1) is 18.6. The lowest BCUT2D eigenvalue weighted by Crippen LogP contribution is -2.56. The maximum Gasteiger partial charge on any atom is 0.272 e. The first-order valence-corrected chi connectivity index (χ1v) is 8.35. The average molecular weight is 369 g/mol. The average Bonchev–Trinajstić information content (AvgIpc) is 3.00. The van der Waals surface area contributed by atoms with Crippen LogP contribution in [0.1, 0.15) is 30.9 Å². The van der Waals surface area contributed by atoms with Crippen LogP contribution in [0.15, 0.2) is 35.5 Å². The van der Waals surface area contributed by atoms with E-state index in [0.717, 1.165) is 6.07 Å². The lowest BCUT2D eigenvalue weighted by Gasteiger charge is -2.38. The molecule has 0 N–H and O–H groups in total. The number of hydrogen-bond donors (Lipinski definition) is 0. The summed E-state index contributed by atoms with van der Waals surface area (Å²) in [6, 6.07) is 2.54. The first-order chi connectivity index (χ1) is 12.2. The number of benzene rings is 1. The van der Waals surface area contributed by atoms with Gasteiger partial charge in [0.1, 0.15) is 11.6 Å². The molecule has 0 aromatic heterocycles. The second-order valence-corrected chi connectivity index (χ2v) is 6.68. The minimum atomic E-state index is -2.61. The topological polar surface area (TPSA) is 35.9 Å². The van der Waals surface area contributed by atoms with Crippen molar-refractivity contribution in [1.29, 1.82) is 0 Å². The lowest BCUT2D eigenvalue weighted by molar-refractivity contribution is -0.131. The molecule has 4 nitrogen and oxygen atoms in total. The lowest BCUT2D eigenvalue weighted by atomic mass is 10.0. The zero-order chi connectivity index (χ0) is 18.9. The second-order valence-electron chi connectivity index (χ2n) is 6.68. The van der Waals surface area contributed by atoms with Gasteiger partial charge in [-0.3, -0.25) is 9.69 Å². The summed E-state index contributed by atoms with van der Waals surface area (Å²) in [7, 11) is 0. The van der Waals surface area contributed by atoms with Crippen molar-refractivity contribution < 1.29 is 22.4 Å².